The maximum Gasteiger partial charge on any atom is 0.305 e. The van der Waals surface area contributed by atoms with E-state index in [4.69, 9.17) is 4.84 Å². The van der Waals surface area contributed by atoms with Crippen LogP contribution >= 0.6 is 15.9 Å². The lowest BCUT2D eigenvalue weighted by Gasteiger charge is -2.29. The maximum absolute atomic E-state index is 13.8. The molecule has 0 bridgehead atoms. The fraction of sp³-hybridized carbons (Fsp3) is 0.323. The van der Waals surface area contributed by atoms with Gasteiger partial charge in [0.25, 0.3) is 11.8 Å². The summed E-state index contributed by atoms with van der Waals surface area (Å²) in [5, 5.41) is 20.9. The Morgan fingerprint density at radius 2 is 1.66 bits per heavy atom. The third-order valence-corrected chi connectivity index (χ3v) is 7.65. The number of halogens is 1. The van der Waals surface area contributed by atoms with Crippen LogP contribution in [0.1, 0.15) is 42.6 Å². The first-order valence-corrected chi connectivity index (χ1v) is 14.4. The minimum atomic E-state index is -1.54. The molecule has 41 heavy (non-hydrogen) atoms. The molecule has 1 unspecified atom stereocenters. The van der Waals surface area contributed by atoms with Gasteiger partial charge in [0.2, 0.25) is 5.60 Å². The Morgan fingerprint density at radius 3 is 2.34 bits per heavy atom. The highest BCUT2D eigenvalue weighted by Gasteiger charge is 2.49. The van der Waals surface area contributed by atoms with Gasteiger partial charge in [0.15, 0.2) is 5.78 Å². The highest BCUT2D eigenvalue weighted by molar-refractivity contribution is 9.09. The molecule has 0 aliphatic carbocycles. The Kier molecular flexibility index (Phi) is 9.54. The monoisotopic (exact) mass is 621 g/mol. The number of Topliss-reactive ketones (excluding diaryl/α,β-unsaturated/α-hetero) is 1. The van der Waals surface area contributed by atoms with Crippen LogP contribution in [0.15, 0.2) is 78.0 Å². The van der Waals surface area contributed by atoms with E-state index in [9.17, 15) is 24.3 Å². The zero-order valence-electron chi connectivity index (χ0n) is 22.8. The second-order valence-corrected chi connectivity index (χ2v) is 11.0. The first-order chi connectivity index (χ1) is 19.6. The second kappa shape index (κ2) is 13.1. The van der Waals surface area contributed by atoms with Gasteiger partial charge in [-0.15, -0.1) is 0 Å². The molecule has 0 spiro atoms. The van der Waals surface area contributed by atoms with E-state index in [-0.39, 0.29) is 30.0 Å². The SMILES string of the molecule is CC(C)[C@H](NC(=O)c1cccc2ccccc12)C1=NOC(Cc2ccccc2)(C(=O)N[C@@H](CC(=O)O)C(=O)CBr)C1. The van der Waals surface area contributed by atoms with Crippen molar-refractivity contribution in [3.63, 3.8) is 0 Å². The zero-order valence-corrected chi connectivity index (χ0v) is 24.4. The largest absolute Gasteiger partial charge is 0.481 e. The van der Waals surface area contributed by atoms with Crippen LogP contribution in [0.3, 0.4) is 0 Å². The van der Waals surface area contributed by atoms with Crippen LogP contribution in [0.25, 0.3) is 10.8 Å². The van der Waals surface area contributed by atoms with Crippen LogP contribution in [0.2, 0.25) is 0 Å². The summed E-state index contributed by atoms with van der Waals surface area (Å²) in [6.07, 6.45) is -0.410. The average Bonchev–Trinajstić information content (AvgIpc) is 3.39. The number of rotatable bonds is 12. The molecule has 4 rings (SSSR count). The molecule has 3 aromatic carbocycles. The lowest BCUT2D eigenvalue weighted by molar-refractivity contribution is -0.147. The molecule has 1 heterocycles. The van der Waals surface area contributed by atoms with E-state index in [0.717, 1.165) is 16.3 Å². The van der Waals surface area contributed by atoms with Crippen LogP contribution < -0.4 is 10.6 Å². The van der Waals surface area contributed by atoms with E-state index in [1.807, 2.05) is 80.6 Å². The van der Waals surface area contributed by atoms with E-state index < -0.39 is 41.8 Å². The number of hydrogen-bond donors (Lipinski definition) is 3. The molecule has 9 nitrogen and oxygen atoms in total. The van der Waals surface area contributed by atoms with Crippen molar-refractivity contribution in [1.82, 2.24) is 10.6 Å². The second-order valence-electron chi connectivity index (χ2n) is 10.5. The van der Waals surface area contributed by atoms with E-state index in [1.54, 1.807) is 6.07 Å². The molecule has 3 aromatic rings. The number of nitrogens with one attached hydrogen (secondary N) is 2. The number of aliphatic carboxylic acids is 1. The molecule has 3 atom stereocenters. The standard InChI is InChI=1S/C31H32BrN3O6/c1-19(2)28(34-29(39)23-14-8-12-21-11-6-7-13-22(21)23)25-17-31(41-35-25,16-20-9-4-3-5-10-20)30(40)33-24(15-27(37)38)26(36)18-32/h3-14,19,24,28H,15-18H2,1-2H3,(H,33,40)(H,34,39)(H,37,38)/t24-,28-,31?/m0/s1. The van der Waals surface area contributed by atoms with Crippen molar-refractivity contribution in [3.05, 3.63) is 83.9 Å². The van der Waals surface area contributed by atoms with Crippen LogP contribution in [-0.4, -0.2) is 57.4 Å². The number of oxime groups is 1. The molecule has 214 valence electrons. The number of carbonyl (C=O) groups is 4. The van der Waals surface area contributed by atoms with Gasteiger partial charge >= 0.3 is 5.97 Å². The summed E-state index contributed by atoms with van der Waals surface area (Å²) in [5.41, 5.74) is 0.242. The van der Waals surface area contributed by atoms with Gasteiger partial charge in [-0.2, -0.15) is 0 Å². The van der Waals surface area contributed by atoms with Crippen molar-refractivity contribution in [2.75, 3.05) is 5.33 Å². The normalized spacial score (nSPS) is 17.8. The fourth-order valence-corrected chi connectivity index (χ4v) is 5.36. The van der Waals surface area contributed by atoms with E-state index in [0.29, 0.717) is 11.3 Å². The molecular formula is C31H32BrN3O6. The van der Waals surface area contributed by atoms with Crippen molar-refractivity contribution < 1.29 is 29.1 Å². The lowest BCUT2D eigenvalue weighted by atomic mass is 9.84. The van der Waals surface area contributed by atoms with E-state index in [2.05, 4.69) is 31.7 Å². The Hall–Kier alpha value is -4.05. The summed E-state index contributed by atoms with van der Waals surface area (Å²) < 4.78 is 0. The molecular weight excluding hydrogens is 590 g/mol. The Morgan fingerprint density at radius 1 is 0.976 bits per heavy atom. The van der Waals surface area contributed by atoms with Crippen LogP contribution in [0.4, 0.5) is 0 Å². The topological polar surface area (TPSA) is 134 Å². The van der Waals surface area contributed by atoms with Crippen LogP contribution in [0, 0.1) is 5.92 Å². The Labute approximate surface area is 246 Å². The molecule has 3 N–H and O–H groups in total. The lowest BCUT2D eigenvalue weighted by Crippen LogP contribution is -2.55. The molecule has 0 fully saturated rings. The van der Waals surface area contributed by atoms with Gasteiger partial charge < -0.3 is 20.6 Å². The number of nitrogens with zero attached hydrogens (tertiary/aromatic N) is 1. The fourth-order valence-electron chi connectivity index (χ4n) is 4.97. The van der Waals surface area contributed by atoms with E-state index in [1.165, 1.54) is 0 Å². The molecule has 1 aliphatic rings. The van der Waals surface area contributed by atoms with Gasteiger partial charge in [0.1, 0.15) is 0 Å². The molecule has 2 amide bonds. The number of carbonyl (C=O) groups excluding carboxylic acids is 3. The highest BCUT2D eigenvalue weighted by Crippen LogP contribution is 2.32. The summed E-state index contributed by atoms with van der Waals surface area (Å²) in [7, 11) is 0. The number of amides is 2. The van der Waals surface area contributed by atoms with Gasteiger partial charge in [-0.3, -0.25) is 19.2 Å². The Bertz CT molecular complexity index is 1470. The first-order valence-electron chi connectivity index (χ1n) is 13.3. The third-order valence-electron chi connectivity index (χ3n) is 7.10. The maximum atomic E-state index is 13.8. The molecule has 0 radical (unpaired) electrons. The minimum absolute atomic E-state index is 0.0364. The molecule has 0 saturated heterocycles. The van der Waals surface area contributed by atoms with Gasteiger partial charge in [0.05, 0.1) is 29.5 Å². The number of ketones is 1. The Balaban J connectivity index is 1.61. The molecule has 1 aliphatic heterocycles. The van der Waals surface area contributed by atoms with Crippen LogP contribution in [-0.2, 0) is 25.6 Å². The zero-order chi connectivity index (χ0) is 29.6. The van der Waals surface area contributed by atoms with Gasteiger partial charge in [-0.05, 0) is 28.3 Å². The summed E-state index contributed by atoms with van der Waals surface area (Å²) >= 11 is 3.06. The number of fused-ring (bicyclic) bond motifs is 1. The number of carboxylic acid groups (broad SMARTS) is 1. The summed E-state index contributed by atoms with van der Waals surface area (Å²) in [6, 6.07) is 20.6. The predicted octanol–water partition coefficient (Wildman–Crippen LogP) is 4.28. The number of hydrogen-bond acceptors (Lipinski definition) is 6. The quantitative estimate of drug-likeness (QED) is 0.259. The minimum Gasteiger partial charge on any atom is -0.481 e. The summed E-state index contributed by atoms with van der Waals surface area (Å²) in [5.74, 6) is -2.72. The average molecular weight is 623 g/mol. The van der Waals surface area contributed by atoms with Crippen molar-refractivity contribution in [1.29, 1.82) is 0 Å². The van der Waals surface area contributed by atoms with Crippen molar-refractivity contribution >= 4 is 56.0 Å². The van der Waals surface area contributed by atoms with E-state index >= 15 is 0 Å². The summed E-state index contributed by atoms with van der Waals surface area (Å²) in [6.45, 7) is 3.87. The number of benzene rings is 3. The van der Waals surface area contributed by atoms with Crippen LogP contribution in [0.5, 0.6) is 0 Å². The summed E-state index contributed by atoms with van der Waals surface area (Å²) in [4.78, 5) is 57.0. The number of alkyl halides is 1. The first kappa shape index (κ1) is 29.9. The molecule has 10 heteroatoms. The third kappa shape index (κ3) is 7.00. The van der Waals surface area contributed by atoms with Gasteiger partial charge in [0, 0.05) is 18.4 Å². The highest BCUT2D eigenvalue weighted by atomic mass is 79.9. The molecule has 0 aromatic heterocycles. The smallest absolute Gasteiger partial charge is 0.305 e. The number of carboxylic acids is 1. The van der Waals surface area contributed by atoms with Crippen molar-refractivity contribution in [3.8, 4) is 0 Å². The predicted molar refractivity (Wildman–Crippen MR) is 159 cm³/mol. The van der Waals surface area contributed by atoms with Crippen molar-refractivity contribution in [2.45, 2.75) is 50.8 Å². The molecule has 0 saturated carbocycles. The van der Waals surface area contributed by atoms with Gasteiger partial charge in [-0.25, -0.2) is 0 Å². The van der Waals surface area contributed by atoms with Crippen molar-refractivity contribution in [2.24, 2.45) is 11.1 Å². The van der Waals surface area contributed by atoms with Gasteiger partial charge in [-0.1, -0.05) is 102 Å².